The van der Waals surface area contributed by atoms with Crippen molar-refractivity contribution in [2.45, 2.75) is 19.3 Å². The Balaban J connectivity index is 1.27. The first kappa shape index (κ1) is 25.2. The van der Waals surface area contributed by atoms with Gasteiger partial charge in [0.2, 0.25) is 5.95 Å². The predicted octanol–water partition coefficient (Wildman–Crippen LogP) is 11.7. The molecule has 53 heavy (non-hydrogen) atoms. The molecule has 250 valence electrons. The number of nitrogens with zero attached hydrogens (tertiary/aromatic N) is 5. The van der Waals surface area contributed by atoms with E-state index in [1.54, 1.807) is 0 Å². The Morgan fingerprint density at radius 1 is 0.509 bits per heavy atom. The second-order valence-corrected chi connectivity index (χ2v) is 14.1. The number of para-hydroxylation sites is 3. The number of hydrogen-bond donors (Lipinski definition) is 0. The molecule has 0 unspecified atom stereocenters. The fraction of sp³-hybridized carbons (Fsp3) is 0.0625. The van der Waals surface area contributed by atoms with Crippen LogP contribution < -0.4 is 0 Å². The average molecular weight is 685 g/mol. The number of benzene rings is 7. The molecule has 0 aliphatic heterocycles. The lowest BCUT2D eigenvalue weighted by molar-refractivity contribution is 0.660. The molecule has 0 amide bonds. The lowest BCUT2D eigenvalue weighted by Gasteiger charge is -2.21. The maximum Gasteiger partial charge on any atom is 0.238 e. The molecule has 1 aliphatic carbocycles. The van der Waals surface area contributed by atoms with Crippen LogP contribution in [-0.2, 0) is 5.41 Å². The Morgan fingerprint density at radius 2 is 1.17 bits per heavy atom. The smallest absolute Gasteiger partial charge is 0.238 e. The fourth-order valence-corrected chi connectivity index (χ4v) is 8.50. The summed E-state index contributed by atoms with van der Waals surface area (Å²) in [6.45, 7) is 4.46. The molecule has 10 aromatic rings. The number of hydrogen-bond acceptors (Lipinski definition) is 3. The van der Waals surface area contributed by atoms with Crippen molar-refractivity contribution in [3.05, 3.63) is 175 Å². The number of rotatable bonds is 4. The molecule has 5 heteroatoms. The quantitative estimate of drug-likeness (QED) is 0.185. The molecule has 11 rings (SSSR count). The van der Waals surface area contributed by atoms with E-state index < -0.39 is 18.1 Å². The summed E-state index contributed by atoms with van der Waals surface area (Å²) in [7, 11) is 0. The van der Waals surface area contributed by atoms with Gasteiger partial charge in [0.25, 0.3) is 0 Å². The van der Waals surface area contributed by atoms with E-state index in [-0.39, 0.29) is 34.8 Å². The summed E-state index contributed by atoms with van der Waals surface area (Å²) in [6.07, 6.45) is 0. The second kappa shape index (κ2) is 11.1. The molecular formula is C48H33N5. The summed E-state index contributed by atoms with van der Waals surface area (Å²) in [4.78, 5) is 15.2. The van der Waals surface area contributed by atoms with E-state index in [9.17, 15) is 0 Å². The predicted molar refractivity (Wildman–Crippen MR) is 217 cm³/mol. The Hall–Kier alpha value is -6.85. The highest BCUT2D eigenvalue weighted by molar-refractivity contribution is 6.26. The van der Waals surface area contributed by atoms with Crippen LogP contribution in [0.5, 0.6) is 0 Å². The first-order chi connectivity index (χ1) is 28.1. The van der Waals surface area contributed by atoms with Gasteiger partial charge in [0.15, 0.2) is 11.6 Å². The first-order valence-corrected chi connectivity index (χ1v) is 17.7. The van der Waals surface area contributed by atoms with Gasteiger partial charge in [-0.15, -0.1) is 0 Å². The van der Waals surface area contributed by atoms with Crippen LogP contribution in [-0.4, -0.2) is 24.1 Å². The van der Waals surface area contributed by atoms with Crippen LogP contribution in [0.15, 0.2) is 164 Å². The summed E-state index contributed by atoms with van der Waals surface area (Å²) in [5.74, 6) is 0.577. The van der Waals surface area contributed by atoms with Gasteiger partial charge < -0.3 is 4.57 Å². The van der Waals surface area contributed by atoms with Crippen molar-refractivity contribution in [2.24, 2.45) is 0 Å². The summed E-state index contributed by atoms with van der Waals surface area (Å²) in [5.41, 5.74) is 9.90. The average Bonchev–Trinajstić information content (AvgIpc) is 3.85. The lowest BCUT2D eigenvalue weighted by Crippen LogP contribution is -2.14. The largest absolute Gasteiger partial charge is 0.309 e. The monoisotopic (exact) mass is 684 g/mol. The fourth-order valence-electron chi connectivity index (χ4n) is 8.50. The van der Waals surface area contributed by atoms with Crippen molar-refractivity contribution in [1.82, 2.24) is 24.1 Å². The minimum absolute atomic E-state index is 0.0111. The molecule has 3 aromatic heterocycles. The molecule has 3 heterocycles. The molecule has 7 aromatic carbocycles. The Morgan fingerprint density at radius 3 is 1.98 bits per heavy atom. The van der Waals surface area contributed by atoms with E-state index in [2.05, 4.69) is 91.2 Å². The standard InChI is InChI=1S/C48H33N5/c1-48(2)38-22-12-9-19-33(38)37-29-31(25-27-39(37)48)46-49-45(30-15-5-3-6-16-30)50-47(51-46)53-40-23-13-10-20-34(40)35-26-28-42-43(44(35)53)36-21-11-14-24-41(36)52(42)32-17-7-4-8-18-32/h3-29H,1-2H3/i3D,5D,6D,15D,16D. The molecule has 0 saturated heterocycles. The van der Waals surface area contributed by atoms with Crippen LogP contribution in [0.2, 0.25) is 0 Å². The van der Waals surface area contributed by atoms with Crippen LogP contribution in [0.1, 0.15) is 31.8 Å². The van der Waals surface area contributed by atoms with Gasteiger partial charge in [-0.25, -0.2) is 4.98 Å². The zero-order chi connectivity index (χ0) is 39.6. The van der Waals surface area contributed by atoms with Crippen LogP contribution >= 0.6 is 0 Å². The van der Waals surface area contributed by atoms with Crippen LogP contribution in [0.25, 0.3) is 89.2 Å². The highest BCUT2D eigenvalue weighted by Gasteiger charge is 2.35. The first-order valence-electron chi connectivity index (χ1n) is 20.2. The van der Waals surface area contributed by atoms with Gasteiger partial charge in [0, 0.05) is 43.8 Å². The summed E-state index contributed by atoms with van der Waals surface area (Å²) < 4.78 is 47.7. The normalized spacial score (nSPS) is 14.6. The minimum atomic E-state index is -0.479. The SMILES string of the molecule is [2H]c1c([2H])c([2H])c(-c2nc(-c3ccc4c(c3)-c3ccccc3C4(C)C)nc(-n3c4ccccc4c4ccc5c(c6ccccc6n5-c5ccccc5)c43)n2)c([2H])c1[2H]. The molecule has 0 saturated carbocycles. The molecular weight excluding hydrogens is 647 g/mol. The molecule has 0 bridgehead atoms. The van der Waals surface area contributed by atoms with Crippen LogP contribution in [0, 0.1) is 0 Å². The summed E-state index contributed by atoms with van der Waals surface area (Å²) in [6, 6.07) is 43.6. The molecule has 1 aliphatic rings. The zero-order valence-electron chi connectivity index (χ0n) is 33.9. The summed E-state index contributed by atoms with van der Waals surface area (Å²) >= 11 is 0. The third-order valence-electron chi connectivity index (χ3n) is 10.9. The van der Waals surface area contributed by atoms with Gasteiger partial charge in [-0.05, 0) is 58.7 Å². The van der Waals surface area contributed by atoms with Crippen molar-refractivity contribution in [2.75, 3.05) is 0 Å². The molecule has 0 N–H and O–H groups in total. The summed E-state index contributed by atoms with van der Waals surface area (Å²) in [5, 5.41) is 4.06. The Labute approximate surface area is 313 Å². The van der Waals surface area contributed by atoms with E-state index in [0.717, 1.165) is 66.0 Å². The molecule has 0 spiro atoms. The van der Waals surface area contributed by atoms with Crippen molar-refractivity contribution in [3.63, 3.8) is 0 Å². The van der Waals surface area contributed by atoms with E-state index >= 15 is 0 Å². The van der Waals surface area contributed by atoms with Crippen molar-refractivity contribution < 1.29 is 6.85 Å². The van der Waals surface area contributed by atoms with E-state index in [1.807, 2.05) is 65.2 Å². The highest BCUT2D eigenvalue weighted by atomic mass is 15.2. The molecule has 5 nitrogen and oxygen atoms in total. The lowest BCUT2D eigenvalue weighted by atomic mass is 9.82. The van der Waals surface area contributed by atoms with Gasteiger partial charge in [-0.2, -0.15) is 9.97 Å². The Kier molecular flexibility index (Phi) is 5.26. The molecule has 0 radical (unpaired) electrons. The van der Waals surface area contributed by atoms with Gasteiger partial charge in [0.05, 0.1) is 28.9 Å². The third kappa shape index (κ3) is 4.28. The molecule has 0 atom stereocenters. The van der Waals surface area contributed by atoms with E-state index in [4.69, 9.17) is 21.8 Å². The third-order valence-corrected chi connectivity index (χ3v) is 10.9. The van der Waals surface area contributed by atoms with Crippen LogP contribution in [0.4, 0.5) is 0 Å². The molecule has 0 fully saturated rings. The topological polar surface area (TPSA) is 48.5 Å². The zero-order valence-corrected chi connectivity index (χ0v) is 28.9. The van der Waals surface area contributed by atoms with E-state index in [0.29, 0.717) is 5.82 Å². The second-order valence-electron chi connectivity index (χ2n) is 14.1. The van der Waals surface area contributed by atoms with Gasteiger partial charge in [-0.1, -0.05) is 141 Å². The van der Waals surface area contributed by atoms with Gasteiger partial charge >= 0.3 is 0 Å². The van der Waals surface area contributed by atoms with Crippen molar-refractivity contribution in [1.29, 1.82) is 0 Å². The Bertz CT molecular complexity index is 3360. The van der Waals surface area contributed by atoms with Crippen molar-refractivity contribution >= 4 is 43.6 Å². The number of aromatic nitrogens is 5. The minimum Gasteiger partial charge on any atom is -0.309 e. The van der Waals surface area contributed by atoms with Gasteiger partial charge in [-0.3, -0.25) is 4.57 Å². The highest BCUT2D eigenvalue weighted by Crippen LogP contribution is 2.49. The number of fused-ring (bicyclic) bond motifs is 10. The van der Waals surface area contributed by atoms with Crippen molar-refractivity contribution in [3.8, 4) is 45.5 Å². The maximum atomic E-state index is 8.98. The maximum absolute atomic E-state index is 8.98. The van der Waals surface area contributed by atoms with Crippen LogP contribution in [0.3, 0.4) is 0 Å². The van der Waals surface area contributed by atoms with Gasteiger partial charge in [0.1, 0.15) is 0 Å². The van der Waals surface area contributed by atoms with E-state index in [1.165, 1.54) is 11.1 Å².